The van der Waals surface area contributed by atoms with Crippen LogP contribution in [0.15, 0.2) is 36.4 Å². The van der Waals surface area contributed by atoms with Crippen molar-refractivity contribution in [1.29, 1.82) is 0 Å². The van der Waals surface area contributed by atoms with Gasteiger partial charge in [0.25, 0.3) is 0 Å². The summed E-state index contributed by atoms with van der Waals surface area (Å²) >= 11 is 6.35. The first kappa shape index (κ1) is 20.9. The van der Waals surface area contributed by atoms with Crippen molar-refractivity contribution in [2.45, 2.75) is 19.3 Å². The van der Waals surface area contributed by atoms with E-state index >= 15 is 0 Å². The third kappa shape index (κ3) is 5.80. The number of halogens is 3. The molecule has 154 valence electrons. The molecule has 0 aromatic heterocycles. The van der Waals surface area contributed by atoms with Crippen molar-refractivity contribution in [1.82, 2.24) is 5.32 Å². The molecule has 0 spiro atoms. The van der Waals surface area contributed by atoms with E-state index in [0.717, 1.165) is 43.8 Å². The summed E-state index contributed by atoms with van der Waals surface area (Å²) in [5.74, 6) is -2.66. The molecule has 29 heavy (non-hydrogen) atoms. The molecule has 6 nitrogen and oxygen atoms in total. The van der Waals surface area contributed by atoms with Crippen LogP contribution in [0.2, 0.25) is 5.02 Å². The molecule has 3 N–H and O–H groups in total. The molecule has 1 aliphatic heterocycles. The predicted octanol–water partition coefficient (Wildman–Crippen LogP) is 4.37. The molecule has 0 aliphatic carbocycles. The second-order valence-electron chi connectivity index (χ2n) is 6.70. The van der Waals surface area contributed by atoms with Gasteiger partial charge in [0, 0.05) is 30.5 Å². The molecule has 1 fully saturated rings. The van der Waals surface area contributed by atoms with Gasteiger partial charge in [0.15, 0.2) is 11.6 Å². The number of nitrogens with one attached hydrogen (secondary N) is 3. The van der Waals surface area contributed by atoms with E-state index in [-0.39, 0.29) is 12.2 Å². The fraction of sp³-hybridized carbons (Fsp3) is 0.300. The van der Waals surface area contributed by atoms with E-state index in [1.807, 2.05) is 6.07 Å². The van der Waals surface area contributed by atoms with Gasteiger partial charge in [-0.2, -0.15) is 0 Å². The van der Waals surface area contributed by atoms with Gasteiger partial charge in [-0.15, -0.1) is 0 Å². The van der Waals surface area contributed by atoms with Gasteiger partial charge in [-0.25, -0.2) is 13.6 Å². The Bertz CT molecular complexity index is 904. The molecule has 9 heteroatoms. The molecule has 1 heterocycles. The van der Waals surface area contributed by atoms with Crippen LogP contribution in [0.25, 0.3) is 0 Å². The minimum atomic E-state index is -1.07. The molecular formula is C20H21ClF2N4O2. The Morgan fingerprint density at radius 1 is 0.931 bits per heavy atom. The lowest BCUT2D eigenvalue weighted by molar-refractivity contribution is -0.115. The lowest BCUT2D eigenvalue weighted by Gasteiger charge is -2.29. The standard InChI is InChI=1S/C20H21ClF2N4O2/c21-15-10-13(5-7-18(15)27-8-2-1-3-9-27)26-20(29)24-12-19(28)25-14-4-6-16(22)17(23)11-14/h4-7,10-11H,1-3,8-9,12H2,(H,25,28)(H2,24,26,29). The summed E-state index contributed by atoms with van der Waals surface area (Å²) < 4.78 is 26.0. The summed E-state index contributed by atoms with van der Waals surface area (Å²) in [7, 11) is 0. The zero-order valence-electron chi connectivity index (χ0n) is 15.6. The van der Waals surface area contributed by atoms with E-state index in [1.165, 1.54) is 12.5 Å². The number of nitrogens with zero attached hydrogens (tertiary/aromatic N) is 1. The summed E-state index contributed by atoms with van der Waals surface area (Å²) in [6.45, 7) is 1.57. The number of amides is 3. The minimum Gasteiger partial charge on any atom is -0.370 e. The number of carbonyl (C=O) groups excluding carboxylic acids is 2. The van der Waals surface area contributed by atoms with Crippen LogP contribution >= 0.6 is 11.6 Å². The Balaban J connectivity index is 1.49. The number of carbonyl (C=O) groups is 2. The quantitative estimate of drug-likeness (QED) is 0.670. The van der Waals surface area contributed by atoms with Crippen LogP contribution in [-0.2, 0) is 4.79 Å². The Morgan fingerprint density at radius 3 is 2.31 bits per heavy atom. The maximum Gasteiger partial charge on any atom is 0.319 e. The number of hydrogen-bond donors (Lipinski definition) is 3. The van der Waals surface area contributed by atoms with Crippen LogP contribution in [0.5, 0.6) is 0 Å². The molecule has 2 aromatic carbocycles. The molecular weight excluding hydrogens is 402 g/mol. The Morgan fingerprint density at radius 2 is 1.62 bits per heavy atom. The number of anilines is 3. The van der Waals surface area contributed by atoms with Gasteiger partial charge in [0.05, 0.1) is 17.3 Å². The normalized spacial score (nSPS) is 13.7. The van der Waals surface area contributed by atoms with Crippen LogP contribution < -0.4 is 20.9 Å². The second kappa shape index (κ2) is 9.56. The summed E-state index contributed by atoms with van der Waals surface area (Å²) in [5, 5.41) is 7.91. The van der Waals surface area contributed by atoms with Crippen LogP contribution in [0.1, 0.15) is 19.3 Å². The number of piperidine rings is 1. The fourth-order valence-electron chi connectivity index (χ4n) is 3.09. The zero-order valence-corrected chi connectivity index (χ0v) is 16.4. The van der Waals surface area contributed by atoms with Crippen molar-refractivity contribution >= 4 is 40.6 Å². The molecule has 0 bridgehead atoms. The maximum absolute atomic E-state index is 13.1. The lowest BCUT2D eigenvalue weighted by atomic mass is 10.1. The third-order valence-corrected chi connectivity index (χ3v) is 4.82. The van der Waals surface area contributed by atoms with Gasteiger partial charge in [-0.1, -0.05) is 11.6 Å². The first-order chi connectivity index (χ1) is 13.9. The highest BCUT2D eigenvalue weighted by molar-refractivity contribution is 6.33. The average molecular weight is 423 g/mol. The molecule has 1 aliphatic rings. The van der Waals surface area contributed by atoms with Gasteiger partial charge >= 0.3 is 6.03 Å². The van der Waals surface area contributed by atoms with Gasteiger partial charge < -0.3 is 20.9 Å². The number of rotatable bonds is 5. The second-order valence-corrected chi connectivity index (χ2v) is 7.11. The predicted molar refractivity (Wildman–Crippen MR) is 110 cm³/mol. The largest absolute Gasteiger partial charge is 0.370 e. The van der Waals surface area contributed by atoms with Crippen LogP contribution in [0.4, 0.5) is 30.6 Å². The van der Waals surface area contributed by atoms with Crippen molar-refractivity contribution in [3.05, 3.63) is 53.1 Å². The highest BCUT2D eigenvalue weighted by Gasteiger charge is 2.15. The van der Waals surface area contributed by atoms with E-state index in [0.29, 0.717) is 10.7 Å². The first-order valence-corrected chi connectivity index (χ1v) is 9.64. The van der Waals surface area contributed by atoms with E-state index < -0.39 is 23.6 Å². The van der Waals surface area contributed by atoms with Crippen LogP contribution in [0.3, 0.4) is 0 Å². The Labute approximate surface area is 172 Å². The first-order valence-electron chi connectivity index (χ1n) is 9.26. The number of urea groups is 1. The lowest BCUT2D eigenvalue weighted by Crippen LogP contribution is -2.35. The van der Waals surface area contributed by atoms with Crippen molar-refractivity contribution in [2.24, 2.45) is 0 Å². The molecule has 0 saturated carbocycles. The van der Waals surface area contributed by atoms with Crippen molar-refractivity contribution in [3.63, 3.8) is 0 Å². The molecule has 1 saturated heterocycles. The molecule has 0 radical (unpaired) electrons. The molecule has 3 amide bonds. The van der Waals surface area contributed by atoms with Crippen molar-refractivity contribution in [2.75, 3.05) is 35.2 Å². The highest BCUT2D eigenvalue weighted by Crippen LogP contribution is 2.30. The maximum atomic E-state index is 13.1. The summed E-state index contributed by atoms with van der Waals surface area (Å²) in [6, 6.07) is 7.67. The summed E-state index contributed by atoms with van der Waals surface area (Å²) in [6.07, 6.45) is 3.48. The van der Waals surface area contributed by atoms with Gasteiger partial charge in [-0.05, 0) is 49.6 Å². The smallest absolute Gasteiger partial charge is 0.319 e. The molecule has 3 rings (SSSR count). The molecule has 0 atom stereocenters. The average Bonchev–Trinajstić information content (AvgIpc) is 2.70. The van der Waals surface area contributed by atoms with Crippen molar-refractivity contribution < 1.29 is 18.4 Å². The van der Waals surface area contributed by atoms with Gasteiger partial charge in [0.1, 0.15) is 0 Å². The Hall–Kier alpha value is -2.87. The van der Waals surface area contributed by atoms with E-state index in [1.54, 1.807) is 12.1 Å². The van der Waals surface area contributed by atoms with Crippen LogP contribution in [-0.4, -0.2) is 31.6 Å². The third-order valence-electron chi connectivity index (χ3n) is 4.52. The SMILES string of the molecule is O=C(CNC(=O)Nc1ccc(N2CCCCC2)c(Cl)c1)Nc1ccc(F)c(F)c1. The summed E-state index contributed by atoms with van der Waals surface area (Å²) in [5.41, 5.74) is 1.52. The van der Waals surface area contributed by atoms with Crippen LogP contribution in [0, 0.1) is 11.6 Å². The monoisotopic (exact) mass is 422 g/mol. The zero-order chi connectivity index (χ0) is 20.8. The van der Waals surface area contributed by atoms with E-state index in [9.17, 15) is 18.4 Å². The highest BCUT2D eigenvalue weighted by atomic mass is 35.5. The topological polar surface area (TPSA) is 73.5 Å². The minimum absolute atomic E-state index is 0.0937. The van der Waals surface area contributed by atoms with E-state index in [2.05, 4.69) is 20.9 Å². The molecule has 0 unspecified atom stereocenters. The Kier molecular flexibility index (Phi) is 6.87. The fourth-order valence-corrected chi connectivity index (χ4v) is 3.39. The number of benzene rings is 2. The summed E-state index contributed by atoms with van der Waals surface area (Å²) in [4.78, 5) is 26.1. The number of hydrogen-bond acceptors (Lipinski definition) is 3. The van der Waals surface area contributed by atoms with E-state index in [4.69, 9.17) is 11.6 Å². The molecule has 2 aromatic rings. The van der Waals surface area contributed by atoms with Gasteiger partial charge in [0.2, 0.25) is 5.91 Å². The van der Waals surface area contributed by atoms with Gasteiger partial charge in [-0.3, -0.25) is 4.79 Å². The van der Waals surface area contributed by atoms with Crippen molar-refractivity contribution in [3.8, 4) is 0 Å².